The van der Waals surface area contributed by atoms with Crippen LogP contribution >= 0.6 is 0 Å². The highest BCUT2D eigenvalue weighted by atomic mass is 15.3. The molecule has 0 amide bonds. The lowest BCUT2D eigenvalue weighted by Crippen LogP contribution is -2.46. The summed E-state index contributed by atoms with van der Waals surface area (Å²) in [5.41, 5.74) is 9.28. The fourth-order valence-electron chi connectivity index (χ4n) is 6.29. The van der Waals surface area contributed by atoms with E-state index in [9.17, 15) is 0 Å². The molecule has 3 heterocycles. The van der Waals surface area contributed by atoms with Crippen LogP contribution in [0.5, 0.6) is 0 Å². The molecule has 0 bridgehead atoms. The van der Waals surface area contributed by atoms with Gasteiger partial charge in [-0.2, -0.15) is 4.98 Å². The first-order valence-electron chi connectivity index (χ1n) is 10.3. The van der Waals surface area contributed by atoms with Crippen LogP contribution in [0.1, 0.15) is 62.6 Å². The van der Waals surface area contributed by atoms with Gasteiger partial charge in [0.25, 0.3) is 0 Å². The van der Waals surface area contributed by atoms with Crippen molar-refractivity contribution in [1.82, 2.24) is 14.9 Å². The summed E-state index contributed by atoms with van der Waals surface area (Å²) < 4.78 is 0. The van der Waals surface area contributed by atoms with Crippen LogP contribution in [-0.2, 0) is 11.8 Å². The van der Waals surface area contributed by atoms with Crippen molar-refractivity contribution < 1.29 is 0 Å². The quantitative estimate of drug-likeness (QED) is 0.851. The number of nitrogens with two attached hydrogens (primary N) is 1. The summed E-state index contributed by atoms with van der Waals surface area (Å²) in [6, 6.07) is 0.771. The number of aromatic nitrogens is 2. The molecular weight excluding hydrogens is 310 g/mol. The molecule has 1 saturated carbocycles. The van der Waals surface area contributed by atoms with Gasteiger partial charge >= 0.3 is 0 Å². The predicted molar refractivity (Wildman–Crippen MR) is 101 cm³/mol. The Hall–Kier alpha value is -1.36. The van der Waals surface area contributed by atoms with E-state index in [-0.39, 0.29) is 0 Å². The van der Waals surface area contributed by atoms with Crippen LogP contribution in [0.3, 0.4) is 0 Å². The van der Waals surface area contributed by atoms with E-state index in [1.54, 1.807) is 0 Å². The molecule has 5 heteroatoms. The van der Waals surface area contributed by atoms with Gasteiger partial charge in [0.05, 0.1) is 5.69 Å². The van der Waals surface area contributed by atoms with Gasteiger partial charge in [0.1, 0.15) is 5.82 Å². The normalized spacial score (nSPS) is 31.3. The van der Waals surface area contributed by atoms with Gasteiger partial charge in [-0.3, -0.25) is 0 Å². The van der Waals surface area contributed by atoms with Crippen LogP contribution in [0.4, 0.5) is 11.8 Å². The zero-order chi connectivity index (χ0) is 17.0. The highest BCUT2D eigenvalue weighted by Gasteiger charge is 2.43. The predicted octanol–water partition coefficient (Wildman–Crippen LogP) is 2.74. The average molecular weight is 342 g/mol. The Kier molecular flexibility index (Phi) is 3.70. The standard InChI is InChI=1S/C20H31N5/c1-24-11-6-14-13-25(12-7-16(14)24)18-15-5-4-10-20(8-2-3-9-20)17(15)22-19(21)23-18/h14,16H,2-13H2,1H3,(H2,21,22,23). The number of anilines is 2. The summed E-state index contributed by atoms with van der Waals surface area (Å²) >= 11 is 0. The molecule has 2 saturated heterocycles. The summed E-state index contributed by atoms with van der Waals surface area (Å²) in [6.07, 6.45) is 11.6. The summed E-state index contributed by atoms with van der Waals surface area (Å²) in [6.45, 7) is 3.50. The lowest BCUT2D eigenvalue weighted by atomic mass is 9.71. The zero-order valence-electron chi connectivity index (χ0n) is 15.5. The fourth-order valence-corrected chi connectivity index (χ4v) is 6.29. The smallest absolute Gasteiger partial charge is 0.222 e. The molecular formula is C20H31N5. The minimum absolute atomic E-state index is 0.311. The lowest BCUT2D eigenvalue weighted by Gasteiger charge is -2.41. The molecule has 2 aliphatic heterocycles. The van der Waals surface area contributed by atoms with E-state index in [1.807, 2.05) is 0 Å². The minimum Gasteiger partial charge on any atom is -0.368 e. The Morgan fingerprint density at radius 1 is 1.04 bits per heavy atom. The van der Waals surface area contributed by atoms with E-state index in [2.05, 4.69) is 16.8 Å². The van der Waals surface area contributed by atoms with Crippen molar-refractivity contribution in [3.05, 3.63) is 11.3 Å². The van der Waals surface area contributed by atoms with Crippen molar-refractivity contribution in [2.45, 2.75) is 69.2 Å². The summed E-state index contributed by atoms with van der Waals surface area (Å²) in [5.74, 6) is 2.46. The van der Waals surface area contributed by atoms with E-state index in [0.717, 1.165) is 31.5 Å². The number of hydrogen-bond acceptors (Lipinski definition) is 5. The van der Waals surface area contributed by atoms with E-state index in [4.69, 9.17) is 15.7 Å². The van der Waals surface area contributed by atoms with Crippen LogP contribution in [0.25, 0.3) is 0 Å². The number of rotatable bonds is 1. The van der Waals surface area contributed by atoms with Crippen molar-refractivity contribution >= 4 is 11.8 Å². The van der Waals surface area contributed by atoms with Gasteiger partial charge in [-0.1, -0.05) is 12.8 Å². The highest BCUT2D eigenvalue weighted by molar-refractivity contribution is 5.55. The van der Waals surface area contributed by atoms with Gasteiger partial charge in [0.15, 0.2) is 0 Å². The summed E-state index contributed by atoms with van der Waals surface area (Å²) in [4.78, 5) is 14.7. The fraction of sp³-hybridized carbons (Fsp3) is 0.800. The molecule has 2 aliphatic carbocycles. The molecule has 2 atom stereocenters. The topological polar surface area (TPSA) is 58.3 Å². The van der Waals surface area contributed by atoms with Crippen LogP contribution in [0.15, 0.2) is 0 Å². The van der Waals surface area contributed by atoms with Gasteiger partial charge in [-0.25, -0.2) is 4.98 Å². The first-order valence-corrected chi connectivity index (χ1v) is 10.3. The third-order valence-corrected chi connectivity index (χ3v) is 7.56. The first-order chi connectivity index (χ1) is 12.2. The van der Waals surface area contributed by atoms with E-state index in [0.29, 0.717) is 11.4 Å². The van der Waals surface area contributed by atoms with E-state index < -0.39 is 0 Å². The van der Waals surface area contributed by atoms with Crippen LogP contribution in [-0.4, -0.2) is 47.6 Å². The average Bonchev–Trinajstić information content (AvgIpc) is 3.23. The maximum Gasteiger partial charge on any atom is 0.222 e. The first kappa shape index (κ1) is 15.9. The molecule has 1 aromatic heterocycles. The molecule has 5 rings (SSSR count). The molecule has 4 aliphatic rings. The molecule has 5 nitrogen and oxygen atoms in total. The third-order valence-electron chi connectivity index (χ3n) is 7.56. The number of nitrogens with zero attached hydrogens (tertiary/aromatic N) is 4. The van der Waals surface area contributed by atoms with Gasteiger partial charge < -0.3 is 15.5 Å². The molecule has 0 aromatic carbocycles. The van der Waals surface area contributed by atoms with Crippen molar-refractivity contribution in [2.24, 2.45) is 5.92 Å². The number of likely N-dealkylation sites (tertiary alicyclic amines) is 1. The van der Waals surface area contributed by atoms with E-state index in [1.165, 1.54) is 75.0 Å². The second-order valence-corrected chi connectivity index (χ2v) is 8.90. The Morgan fingerprint density at radius 2 is 1.84 bits per heavy atom. The van der Waals surface area contributed by atoms with Crippen molar-refractivity contribution in [3.8, 4) is 0 Å². The van der Waals surface area contributed by atoms with Crippen LogP contribution in [0.2, 0.25) is 0 Å². The van der Waals surface area contributed by atoms with Crippen molar-refractivity contribution in [3.63, 3.8) is 0 Å². The van der Waals surface area contributed by atoms with Crippen LogP contribution < -0.4 is 10.6 Å². The van der Waals surface area contributed by atoms with Crippen molar-refractivity contribution in [2.75, 3.05) is 37.3 Å². The Morgan fingerprint density at radius 3 is 2.68 bits per heavy atom. The maximum absolute atomic E-state index is 6.21. The maximum atomic E-state index is 6.21. The van der Waals surface area contributed by atoms with E-state index >= 15 is 0 Å². The number of piperidine rings is 1. The molecule has 136 valence electrons. The molecule has 3 fully saturated rings. The van der Waals surface area contributed by atoms with Crippen LogP contribution in [0, 0.1) is 5.92 Å². The third kappa shape index (κ3) is 2.46. The number of nitrogen functional groups attached to an aromatic ring is 1. The van der Waals surface area contributed by atoms with Gasteiger partial charge in [-0.15, -0.1) is 0 Å². The Balaban J connectivity index is 1.51. The molecule has 2 unspecified atom stereocenters. The molecule has 2 N–H and O–H groups in total. The largest absolute Gasteiger partial charge is 0.368 e. The van der Waals surface area contributed by atoms with Crippen molar-refractivity contribution in [1.29, 1.82) is 0 Å². The van der Waals surface area contributed by atoms with Gasteiger partial charge in [0, 0.05) is 30.1 Å². The second kappa shape index (κ2) is 5.83. The number of fused-ring (bicyclic) bond motifs is 3. The molecule has 0 radical (unpaired) electrons. The lowest BCUT2D eigenvalue weighted by molar-refractivity contribution is 0.238. The summed E-state index contributed by atoms with van der Waals surface area (Å²) in [7, 11) is 2.29. The second-order valence-electron chi connectivity index (χ2n) is 8.90. The SMILES string of the molecule is CN1CCC2CN(c3nc(N)nc4c3CCCC43CCCC3)CCC21. The Labute approximate surface area is 151 Å². The molecule has 1 spiro atoms. The molecule has 1 aromatic rings. The Bertz CT molecular complexity index is 666. The summed E-state index contributed by atoms with van der Waals surface area (Å²) in [5, 5.41) is 0. The monoisotopic (exact) mass is 341 g/mol. The minimum atomic E-state index is 0.311. The highest BCUT2D eigenvalue weighted by Crippen LogP contribution is 2.50. The number of hydrogen-bond donors (Lipinski definition) is 1. The van der Waals surface area contributed by atoms with Gasteiger partial charge in [-0.05, 0) is 64.5 Å². The molecule has 25 heavy (non-hydrogen) atoms. The van der Waals surface area contributed by atoms with Gasteiger partial charge in [0.2, 0.25) is 5.95 Å². The zero-order valence-corrected chi connectivity index (χ0v) is 15.5.